The van der Waals surface area contributed by atoms with E-state index >= 15 is 0 Å². The molecule has 2 aromatic rings. The number of rotatable bonds is 2. The summed E-state index contributed by atoms with van der Waals surface area (Å²) in [6, 6.07) is 9.54. The number of nitrogens with zero attached hydrogens (tertiary/aromatic N) is 2. The van der Waals surface area contributed by atoms with Crippen LogP contribution in [0.1, 0.15) is 5.56 Å². The van der Waals surface area contributed by atoms with Gasteiger partial charge in [0.15, 0.2) is 11.0 Å². The zero-order valence-electron chi connectivity index (χ0n) is 8.09. The maximum absolute atomic E-state index is 8.68. The van der Waals surface area contributed by atoms with Crippen LogP contribution >= 0.6 is 23.1 Å². The molecule has 0 fully saturated rings. The van der Waals surface area contributed by atoms with Crippen LogP contribution in [-0.2, 0) is 0 Å². The predicted octanol–water partition coefficient (Wildman–Crippen LogP) is 2.56. The van der Waals surface area contributed by atoms with E-state index < -0.39 is 0 Å². The van der Waals surface area contributed by atoms with Crippen LogP contribution in [0, 0.1) is 0 Å². The Bertz CT molecular complexity index is 524. The van der Waals surface area contributed by atoms with Gasteiger partial charge in [-0.1, -0.05) is 47.1 Å². The van der Waals surface area contributed by atoms with E-state index in [4.69, 9.17) is 22.5 Å². The molecule has 0 bridgehead atoms. The monoisotopic (exact) mass is 253 g/mol. The van der Waals surface area contributed by atoms with Gasteiger partial charge in [0.05, 0.1) is 10.4 Å². The third-order valence-corrected chi connectivity index (χ3v) is 3.32. The number of aromatic nitrogens is 1. The lowest BCUT2D eigenvalue weighted by atomic mass is 10.1. The van der Waals surface area contributed by atoms with Crippen LogP contribution in [0.25, 0.3) is 10.4 Å². The number of hydrogen-bond acceptors (Lipinski definition) is 4. The van der Waals surface area contributed by atoms with Crippen LogP contribution in [0.3, 0.4) is 0 Å². The molecule has 82 valence electrons. The van der Waals surface area contributed by atoms with Gasteiger partial charge in [-0.3, -0.25) is 0 Å². The number of nitrogens with two attached hydrogens (primary N) is 1. The van der Waals surface area contributed by atoms with Crippen molar-refractivity contribution in [1.29, 1.82) is 0 Å². The van der Waals surface area contributed by atoms with Crippen molar-refractivity contribution in [3.8, 4) is 10.4 Å². The third-order valence-electron chi connectivity index (χ3n) is 2.05. The van der Waals surface area contributed by atoms with Crippen molar-refractivity contribution in [2.24, 2.45) is 10.9 Å². The van der Waals surface area contributed by atoms with Gasteiger partial charge < -0.3 is 10.9 Å². The summed E-state index contributed by atoms with van der Waals surface area (Å²) >= 11 is 7.11. The van der Waals surface area contributed by atoms with Crippen LogP contribution in [0.15, 0.2) is 35.5 Å². The van der Waals surface area contributed by atoms with Crippen molar-refractivity contribution >= 4 is 29.0 Å². The molecule has 0 aliphatic rings. The lowest BCUT2D eigenvalue weighted by Gasteiger charge is -2.01. The first kappa shape index (κ1) is 10.9. The Kier molecular flexibility index (Phi) is 3.07. The number of benzene rings is 1. The lowest BCUT2D eigenvalue weighted by Crippen LogP contribution is -2.13. The second-order valence-corrected chi connectivity index (χ2v) is 4.16. The van der Waals surface area contributed by atoms with Crippen molar-refractivity contribution in [1.82, 2.24) is 4.37 Å². The van der Waals surface area contributed by atoms with Crippen molar-refractivity contribution in [3.05, 3.63) is 41.0 Å². The number of amidine groups is 1. The molecule has 0 radical (unpaired) electrons. The van der Waals surface area contributed by atoms with Crippen LogP contribution in [-0.4, -0.2) is 15.4 Å². The molecule has 0 aliphatic heterocycles. The lowest BCUT2D eigenvalue weighted by molar-refractivity contribution is 0.318. The molecule has 0 saturated heterocycles. The zero-order chi connectivity index (χ0) is 11.5. The Balaban J connectivity index is 2.59. The number of oxime groups is 1. The van der Waals surface area contributed by atoms with Gasteiger partial charge in [-0.2, -0.15) is 4.37 Å². The molecular weight excluding hydrogens is 246 g/mol. The normalized spacial score (nSPS) is 11.7. The van der Waals surface area contributed by atoms with Crippen molar-refractivity contribution < 1.29 is 5.21 Å². The average Bonchev–Trinajstić information content (AvgIpc) is 2.71. The molecule has 0 unspecified atom stereocenters. The summed E-state index contributed by atoms with van der Waals surface area (Å²) in [6.07, 6.45) is 0. The highest BCUT2D eigenvalue weighted by Gasteiger charge is 2.17. The minimum atomic E-state index is -0.0300. The maximum Gasteiger partial charge on any atom is 0.174 e. The predicted molar refractivity (Wildman–Crippen MR) is 65.1 cm³/mol. The SMILES string of the molecule is N/C(=N\O)c1c(Cl)nsc1-c1ccccc1. The van der Waals surface area contributed by atoms with Gasteiger partial charge in [0.1, 0.15) is 0 Å². The number of hydrogen-bond donors (Lipinski definition) is 2. The van der Waals surface area contributed by atoms with E-state index in [1.165, 1.54) is 11.5 Å². The van der Waals surface area contributed by atoms with Gasteiger partial charge in [0.2, 0.25) is 0 Å². The third kappa shape index (κ3) is 1.87. The van der Waals surface area contributed by atoms with Gasteiger partial charge in [0.25, 0.3) is 0 Å². The summed E-state index contributed by atoms with van der Waals surface area (Å²) in [4.78, 5) is 0.793. The first-order chi connectivity index (χ1) is 7.74. The molecule has 1 aromatic heterocycles. The molecule has 4 nitrogen and oxygen atoms in total. The van der Waals surface area contributed by atoms with E-state index in [-0.39, 0.29) is 11.0 Å². The molecule has 1 aromatic carbocycles. The van der Waals surface area contributed by atoms with Crippen molar-refractivity contribution in [2.75, 3.05) is 0 Å². The second kappa shape index (κ2) is 4.51. The molecule has 0 amide bonds. The molecule has 0 saturated carbocycles. The van der Waals surface area contributed by atoms with E-state index in [9.17, 15) is 0 Å². The molecule has 0 aliphatic carbocycles. The Morgan fingerprint density at radius 1 is 1.38 bits per heavy atom. The smallest absolute Gasteiger partial charge is 0.174 e. The van der Waals surface area contributed by atoms with E-state index in [0.717, 1.165) is 10.4 Å². The Morgan fingerprint density at radius 2 is 2.06 bits per heavy atom. The summed E-state index contributed by atoms with van der Waals surface area (Å²) in [5, 5.41) is 11.9. The van der Waals surface area contributed by atoms with Crippen LogP contribution < -0.4 is 5.73 Å². The largest absolute Gasteiger partial charge is 0.409 e. The van der Waals surface area contributed by atoms with Gasteiger partial charge in [-0.15, -0.1) is 0 Å². The average molecular weight is 254 g/mol. The summed E-state index contributed by atoms with van der Waals surface area (Å²) in [5.41, 5.74) is 6.97. The van der Waals surface area contributed by atoms with Gasteiger partial charge in [-0.05, 0) is 17.1 Å². The van der Waals surface area contributed by atoms with Gasteiger partial charge in [0, 0.05) is 0 Å². The van der Waals surface area contributed by atoms with Gasteiger partial charge >= 0.3 is 0 Å². The fourth-order valence-corrected chi connectivity index (χ4v) is 2.48. The van der Waals surface area contributed by atoms with E-state index in [0.29, 0.717) is 5.56 Å². The quantitative estimate of drug-likeness (QED) is 0.374. The summed E-state index contributed by atoms with van der Waals surface area (Å²) in [7, 11) is 0. The van der Waals surface area contributed by atoms with Gasteiger partial charge in [-0.25, -0.2) is 0 Å². The molecule has 1 heterocycles. The Labute approximate surface area is 101 Å². The minimum Gasteiger partial charge on any atom is -0.409 e. The zero-order valence-corrected chi connectivity index (χ0v) is 9.66. The fourth-order valence-electron chi connectivity index (χ4n) is 1.33. The highest BCUT2D eigenvalue weighted by atomic mass is 35.5. The molecule has 0 spiro atoms. The fraction of sp³-hybridized carbons (Fsp3) is 0. The molecule has 2 rings (SSSR count). The first-order valence-electron chi connectivity index (χ1n) is 4.42. The van der Waals surface area contributed by atoms with E-state index in [1.807, 2.05) is 30.3 Å². The molecule has 6 heteroatoms. The molecule has 0 atom stereocenters. The summed E-state index contributed by atoms with van der Waals surface area (Å²) < 4.78 is 4.00. The minimum absolute atomic E-state index is 0.0300. The summed E-state index contributed by atoms with van der Waals surface area (Å²) in [5.74, 6) is -0.0300. The highest BCUT2D eigenvalue weighted by Crippen LogP contribution is 2.32. The molecule has 3 N–H and O–H groups in total. The Morgan fingerprint density at radius 3 is 2.69 bits per heavy atom. The molecular formula is C10H8ClN3OS. The Hall–Kier alpha value is -1.59. The second-order valence-electron chi connectivity index (χ2n) is 3.03. The summed E-state index contributed by atoms with van der Waals surface area (Å²) in [6.45, 7) is 0. The molecule has 16 heavy (non-hydrogen) atoms. The van der Waals surface area contributed by atoms with Crippen molar-refractivity contribution in [2.45, 2.75) is 0 Å². The number of halogens is 1. The van der Waals surface area contributed by atoms with Crippen LogP contribution in [0.5, 0.6) is 0 Å². The van der Waals surface area contributed by atoms with E-state index in [1.54, 1.807) is 0 Å². The topological polar surface area (TPSA) is 71.5 Å². The standard InChI is InChI=1S/C10H8ClN3OS/c11-9-7(10(12)13-15)8(16-14-9)6-4-2-1-3-5-6/h1-5,15H,(H2,12,13). The highest BCUT2D eigenvalue weighted by molar-refractivity contribution is 7.10. The van der Waals surface area contributed by atoms with Crippen LogP contribution in [0.4, 0.5) is 0 Å². The maximum atomic E-state index is 8.68. The van der Waals surface area contributed by atoms with Crippen molar-refractivity contribution in [3.63, 3.8) is 0 Å². The van der Waals surface area contributed by atoms with Crippen LogP contribution in [0.2, 0.25) is 5.15 Å². The van der Waals surface area contributed by atoms with E-state index in [2.05, 4.69) is 9.53 Å². The first-order valence-corrected chi connectivity index (χ1v) is 5.57.